The van der Waals surface area contributed by atoms with Crippen molar-refractivity contribution >= 4 is 5.78 Å². The van der Waals surface area contributed by atoms with E-state index in [1.807, 2.05) is 0 Å². The van der Waals surface area contributed by atoms with Gasteiger partial charge in [0.2, 0.25) is 0 Å². The van der Waals surface area contributed by atoms with Crippen LogP contribution in [0.15, 0.2) is 0 Å². The highest BCUT2D eigenvalue weighted by atomic mass is 16.1. The van der Waals surface area contributed by atoms with Crippen LogP contribution in [0.1, 0.15) is 104 Å². The summed E-state index contributed by atoms with van der Waals surface area (Å²) in [7, 11) is 0. The zero-order valence-corrected chi connectivity index (χ0v) is 12.8. The van der Waals surface area contributed by atoms with Crippen molar-refractivity contribution in [1.82, 2.24) is 0 Å². The molecule has 0 N–H and O–H groups in total. The summed E-state index contributed by atoms with van der Waals surface area (Å²) in [5.41, 5.74) is 0. The number of rotatable bonds is 14. The number of unbranched alkanes of at least 4 members (excludes halogenated alkanes) is 10. The van der Waals surface area contributed by atoms with Gasteiger partial charge in [-0.15, -0.1) is 0 Å². The normalized spacial score (nSPS) is 10.8. The first-order chi connectivity index (χ1) is 8.81. The molecule has 0 heterocycles. The van der Waals surface area contributed by atoms with Crippen molar-refractivity contribution in [3.8, 4) is 0 Å². The van der Waals surface area contributed by atoms with Crippen molar-refractivity contribution in [3.05, 3.63) is 0 Å². The van der Waals surface area contributed by atoms with E-state index in [-0.39, 0.29) is 0 Å². The lowest BCUT2D eigenvalue weighted by Gasteiger charge is -2.02. The average Bonchev–Trinajstić information content (AvgIpc) is 2.37. The highest BCUT2D eigenvalue weighted by molar-refractivity contribution is 5.78. The molecule has 0 aliphatic carbocycles. The first-order valence-corrected chi connectivity index (χ1v) is 8.33. The second kappa shape index (κ2) is 14.7. The largest absolute Gasteiger partial charge is 0.300 e. The minimum absolute atomic E-state index is 0.492. The molecule has 1 nitrogen and oxygen atoms in total. The summed E-state index contributed by atoms with van der Waals surface area (Å²) >= 11 is 0. The monoisotopic (exact) mass is 254 g/mol. The van der Waals surface area contributed by atoms with E-state index in [0.29, 0.717) is 5.78 Å². The van der Waals surface area contributed by atoms with Gasteiger partial charge in [0.05, 0.1) is 0 Å². The van der Waals surface area contributed by atoms with Crippen molar-refractivity contribution < 1.29 is 4.79 Å². The zero-order valence-electron chi connectivity index (χ0n) is 12.8. The van der Waals surface area contributed by atoms with Crippen LogP contribution in [-0.2, 0) is 4.79 Å². The maximum Gasteiger partial charge on any atom is 0.132 e. The van der Waals surface area contributed by atoms with E-state index in [0.717, 1.165) is 25.7 Å². The molecule has 0 aromatic carbocycles. The Morgan fingerprint density at radius 3 is 1.39 bits per heavy atom. The van der Waals surface area contributed by atoms with Crippen molar-refractivity contribution in [1.29, 1.82) is 0 Å². The van der Waals surface area contributed by atoms with E-state index in [4.69, 9.17) is 0 Å². The standard InChI is InChI=1S/C17H34O/c1-3-5-7-8-9-10-11-12-14-16-17(18)15-13-6-4-2/h3-16H2,1-2H3. The van der Waals surface area contributed by atoms with E-state index < -0.39 is 0 Å². The quantitative estimate of drug-likeness (QED) is 0.344. The number of hydrogen-bond donors (Lipinski definition) is 0. The van der Waals surface area contributed by atoms with Gasteiger partial charge < -0.3 is 0 Å². The summed E-state index contributed by atoms with van der Waals surface area (Å²) < 4.78 is 0. The van der Waals surface area contributed by atoms with E-state index in [9.17, 15) is 4.79 Å². The molecular formula is C17H34O. The van der Waals surface area contributed by atoms with Crippen LogP contribution in [0.3, 0.4) is 0 Å². The highest BCUT2D eigenvalue weighted by Crippen LogP contribution is 2.11. The minimum Gasteiger partial charge on any atom is -0.300 e. The van der Waals surface area contributed by atoms with Gasteiger partial charge in [-0.2, -0.15) is 0 Å². The molecule has 108 valence electrons. The lowest BCUT2D eigenvalue weighted by molar-refractivity contribution is -0.119. The van der Waals surface area contributed by atoms with E-state index in [1.165, 1.54) is 64.2 Å². The number of carbonyl (C=O) groups is 1. The zero-order chi connectivity index (χ0) is 13.5. The fourth-order valence-corrected chi connectivity index (χ4v) is 2.33. The van der Waals surface area contributed by atoms with Crippen LogP contribution >= 0.6 is 0 Å². The molecule has 0 atom stereocenters. The lowest BCUT2D eigenvalue weighted by atomic mass is 10.0. The number of ketones is 1. The van der Waals surface area contributed by atoms with Crippen molar-refractivity contribution in [2.24, 2.45) is 0 Å². The molecule has 0 bridgehead atoms. The summed E-state index contributed by atoms with van der Waals surface area (Å²) in [6.45, 7) is 4.45. The van der Waals surface area contributed by atoms with Crippen LogP contribution in [0.2, 0.25) is 0 Å². The Balaban J connectivity index is 3.08. The maximum atomic E-state index is 11.5. The van der Waals surface area contributed by atoms with Crippen molar-refractivity contribution in [2.45, 2.75) is 104 Å². The summed E-state index contributed by atoms with van der Waals surface area (Å²) in [5.74, 6) is 0.492. The van der Waals surface area contributed by atoms with Gasteiger partial charge in [-0.25, -0.2) is 0 Å². The molecule has 0 aromatic heterocycles. The van der Waals surface area contributed by atoms with Gasteiger partial charge in [0.15, 0.2) is 0 Å². The summed E-state index contributed by atoms with van der Waals surface area (Å²) in [6.07, 6.45) is 17.2. The molecule has 0 radical (unpaired) electrons. The second-order valence-corrected chi connectivity index (χ2v) is 5.57. The van der Waals surface area contributed by atoms with E-state index in [1.54, 1.807) is 0 Å². The van der Waals surface area contributed by atoms with Crippen molar-refractivity contribution in [2.75, 3.05) is 0 Å². The molecule has 0 aromatic rings. The molecule has 0 unspecified atom stereocenters. The molecule has 0 aliphatic rings. The van der Waals surface area contributed by atoms with Crippen LogP contribution in [0.5, 0.6) is 0 Å². The molecular weight excluding hydrogens is 220 g/mol. The fourth-order valence-electron chi connectivity index (χ4n) is 2.33. The van der Waals surface area contributed by atoms with Gasteiger partial charge in [-0.1, -0.05) is 78.1 Å². The van der Waals surface area contributed by atoms with Crippen LogP contribution in [0, 0.1) is 0 Å². The SMILES string of the molecule is CCCCCCCCCCCC(=O)CCCCC. The van der Waals surface area contributed by atoms with Crippen LogP contribution in [0.4, 0.5) is 0 Å². The predicted molar refractivity (Wildman–Crippen MR) is 81.0 cm³/mol. The Hall–Kier alpha value is -0.330. The van der Waals surface area contributed by atoms with Gasteiger partial charge in [-0.3, -0.25) is 4.79 Å². The minimum atomic E-state index is 0.492. The van der Waals surface area contributed by atoms with Crippen LogP contribution < -0.4 is 0 Å². The van der Waals surface area contributed by atoms with E-state index in [2.05, 4.69) is 13.8 Å². The predicted octanol–water partition coefficient (Wildman–Crippen LogP) is 6.06. The van der Waals surface area contributed by atoms with Gasteiger partial charge in [0.25, 0.3) is 0 Å². The molecule has 0 saturated heterocycles. The summed E-state index contributed by atoms with van der Waals surface area (Å²) in [4.78, 5) is 11.5. The lowest BCUT2D eigenvalue weighted by Crippen LogP contribution is -1.97. The Bertz CT molecular complexity index is 174. The molecule has 18 heavy (non-hydrogen) atoms. The molecule has 1 heteroatoms. The van der Waals surface area contributed by atoms with Gasteiger partial charge in [0, 0.05) is 12.8 Å². The Kier molecular flexibility index (Phi) is 14.5. The van der Waals surface area contributed by atoms with Crippen LogP contribution in [-0.4, -0.2) is 5.78 Å². The molecule has 0 aliphatic heterocycles. The average molecular weight is 254 g/mol. The highest BCUT2D eigenvalue weighted by Gasteiger charge is 2.01. The molecule has 0 rings (SSSR count). The van der Waals surface area contributed by atoms with Gasteiger partial charge in [0.1, 0.15) is 5.78 Å². The smallest absolute Gasteiger partial charge is 0.132 e. The Morgan fingerprint density at radius 1 is 0.556 bits per heavy atom. The third kappa shape index (κ3) is 13.7. The molecule has 0 saturated carbocycles. The second-order valence-electron chi connectivity index (χ2n) is 5.57. The van der Waals surface area contributed by atoms with Gasteiger partial charge >= 0.3 is 0 Å². The van der Waals surface area contributed by atoms with Crippen molar-refractivity contribution in [3.63, 3.8) is 0 Å². The Labute approximate surface area is 115 Å². The third-order valence-electron chi connectivity index (χ3n) is 3.62. The molecule has 0 amide bonds. The molecule has 0 spiro atoms. The van der Waals surface area contributed by atoms with Gasteiger partial charge in [-0.05, 0) is 12.8 Å². The summed E-state index contributed by atoms with van der Waals surface area (Å²) in [5, 5.41) is 0. The molecule has 0 fully saturated rings. The fraction of sp³-hybridized carbons (Fsp3) is 0.941. The van der Waals surface area contributed by atoms with Crippen LogP contribution in [0.25, 0.3) is 0 Å². The maximum absolute atomic E-state index is 11.5. The third-order valence-corrected chi connectivity index (χ3v) is 3.62. The number of Topliss-reactive ketones (excluding diaryl/α,β-unsaturated/α-hetero) is 1. The van der Waals surface area contributed by atoms with E-state index >= 15 is 0 Å². The number of hydrogen-bond acceptors (Lipinski definition) is 1. The topological polar surface area (TPSA) is 17.1 Å². The Morgan fingerprint density at radius 2 is 0.889 bits per heavy atom. The first kappa shape index (κ1) is 17.7. The first-order valence-electron chi connectivity index (χ1n) is 8.33. The summed E-state index contributed by atoms with van der Waals surface area (Å²) in [6, 6.07) is 0. The number of carbonyl (C=O) groups excluding carboxylic acids is 1.